The van der Waals surface area contributed by atoms with E-state index >= 15 is 0 Å². The van der Waals surface area contributed by atoms with Crippen molar-refractivity contribution < 1.29 is 4.79 Å². The fraction of sp³-hybridized carbons (Fsp3) is 0.471. The predicted octanol–water partition coefficient (Wildman–Crippen LogP) is 3.61. The average Bonchev–Trinajstić information content (AvgIpc) is 3.15. The summed E-state index contributed by atoms with van der Waals surface area (Å²) in [5.74, 6) is 1.30. The molecule has 0 heterocycles. The van der Waals surface area contributed by atoms with Gasteiger partial charge in [-0.15, -0.1) is 0 Å². The lowest BCUT2D eigenvalue weighted by Crippen LogP contribution is -2.30. The van der Waals surface area contributed by atoms with Gasteiger partial charge >= 0.3 is 0 Å². The van der Waals surface area contributed by atoms with E-state index in [1.807, 2.05) is 6.07 Å². The molecule has 0 aliphatic heterocycles. The zero-order valence-electron chi connectivity index (χ0n) is 11.2. The molecule has 100 valence electrons. The molecular weight excluding hydrogens is 234 g/mol. The van der Waals surface area contributed by atoms with Gasteiger partial charge in [0.2, 0.25) is 5.91 Å². The molecule has 19 heavy (non-hydrogen) atoms. The normalized spacial score (nSPS) is 23.3. The number of benzene rings is 1. The number of rotatable bonds is 5. The summed E-state index contributed by atoms with van der Waals surface area (Å²) in [6.45, 7) is 0. The van der Waals surface area contributed by atoms with E-state index in [0.717, 1.165) is 12.8 Å². The average molecular weight is 255 g/mol. The molecule has 0 spiro atoms. The van der Waals surface area contributed by atoms with Crippen molar-refractivity contribution in [2.24, 2.45) is 11.8 Å². The van der Waals surface area contributed by atoms with Crippen LogP contribution in [0.15, 0.2) is 42.5 Å². The first-order valence-corrected chi connectivity index (χ1v) is 7.34. The summed E-state index contributed by atoms with van der Waals surface area (Å²) < 4.78 is 0. The Hall–Kier alpha value is -1.57. The molecule has 0 aromatic heterocycles. The summed E-state index contributed by atoms with van der Waals surface area (Å²) in [6, 6.07) is 10.6. The monoisotopic (exact) mass is 255 g/mol. The number of nitrogens with one attached hydrogen (secondary N) is 1. The topological polar surface area (TPSA) is 29.1 Å². The lowest BCUT2D eigenvalue weighted by Gasteiger charge is -2.19. The van der Waals surface area contributed by atoms with Crippen molar-refractivity contribution >= 4 is 5.91 Å². The number of amides is 1. The first-order chi connectivity index (χ1) is 9.33. The first kappa shape index (κ1) is 12.5. The van der Waals surface area contributed by atoms with Gasteiger partial charge in [-0.2, -0.15) is 0 Å². The van der Waals surface area contributed by atoms with Crippen LogP contribution in [0.3, 0.4) is 0 Å². The van der Waals surface area contributed by atoms with E-state index in [-0.39, 0.29) is 11.9 Å². The van der Waals surface area contributed by atoms with Crippen molar-refractivity contribution in [2.45, 2.75) is 38.1 Å². The second-order valence-electron chi connectivity index (χ2n) is 5.76. The number of hydrogen-bond donors (Lipinski definition) is 1. The molecule has 1 amide bonds. The summed E-state index contributed by atoms with van der Waals surface area (Å²) in [6.07, 6.45) is 9.76. The maximum atomic E-state index is 12.2. The van der Waals surface area contributed by atoms with Crippen molar-refractivity contribution in [1.29, 1.82) is 0 Å². The summed E-state index contributed by atoms with van der Waals surface area (Å²) in [7, 11) is 0. The van der Waals surface area contributed by atoms with Crippen molar-refractivity contribution in [3.05, 3.63) is 48.0 Å². The smallest absolute Gasteiger partial charge is 0.221 e. The molecule has 1 aromatic rings. The number of carbonyl (C=O) groups is 1. The third-order valence-electron chi connectivity index (χ3n) is 4.13. The van der Waals surface area contributed by atoms with E-state index in [2.05, 4.69) is 41.7 Å². The van der Waals surface area contributed by atoms with E-state index < -0.39 is 0 Å². The van der Waals surface area contributed by atoms with E-state index in [4.69, 9.17) is 0 Å². The standard InChI is InChI=1S/C17H21NO/c19-16(12-13-6-4-5-7-13)18-17(15-10-11-15)14-8-2-1-3-9-14/h1-4,6,8-9,13,15,17H,5,7,10-12H2,(H,18,19). The van der Waals surface area contributed by atoms with Crippen LogP contribution in [0.5, 0.6) is 0 Å². The van der Waals surface area contributed by atoms with E-state index in [1.165, 1.54) is 18.4 Å². The highest BCUT2D eigenvalue weighted by Crippen LogP contribution is 2.41. The molecule has 0 bridgehead atoms. The Morgan fingerprint density at radius 2 is 2.00 bits per heavy atom. The van der Waals surface area contributed by atoms with E-state index in [9.17, 15) is 4.79 Å². The van der Waals surface area contributed by atoms with Crippen LogP contribution in [-0.4, -0.2) is 5.91 Å². The Bertz CT molecular complexity index is 461. The van der Waals surface area contributed by atoms with Gasteiger partial charge in [-0.1, -0.05) is 42.5 Å². The zero-order chi connectivity index (χ0) is 13.1. The molecule has 1 saturated carbocycles. The van der Waals surface area contributed by atoms with Gasteiger partial charge in [0.1, 0.15) is 0 Å². The highest BCUT2D eigenvalue weighted by molar-refractivity contribution is 5.77. The molecule has 2 atom stereocenters. The van der Waals surface area contributed by atoms with Crippen LogP contribution in [-0.2, 0) is 4.79 Å². The minimum Gasteiger partial charge on any atom is -0.349 e. The molecule has 0 radical (unpaired) electrons. The van der Waals surface area contributed by atoms with Crippen molar-refractivity contribution in [3.63, 3.8) is 0 Å². The van der Waals surface area contributed by atoms with Crippen molar-refractivity contribution in [2.75, 3.05) is 0 Å². The predicted molar refractivity (Wildman–Crippen MR) is 76.5 cm³/mol. The second kappa shape index (κ2) is 5.60. The van der Waals surface area contributed by atoms with Gasteiger partial charge in [-0.3, -0.25) is 4.79 Å². The van der Waals surface area contributed by atoms with Gasteiger partial charge in [0.15, 0.2) is 0 Å². The third-order valence-corrected chi connectivity index (χ3v) is 4.13. The minimum absolute atomic E-state index is 0.206. The van der Waals surface area contributed by atoms with Gasteiger partial charge in [-0.05, 0) is 43.1 Å². The van der Waals surface area contributed by atoms with Gasteiger partial charge in [0, 0.05) is 6.42 Å². The first-order valence-electron chi connectivity index (χ1n) is 7.34. The van der Waals surface area contributed by atoms with Crippen LogP contribution in [0.1, 0.15) is 43.7 Å². The maximum absolute atomic E-state index is 12.2. The van der Waals surface area contributed by atoms with Crippen LogP contribution in [0, 0.1) is 11.8 Å². The fourth-order valence-corrected chi connectivity index (χ4v) is 2.90. The molecular formula is C17H21NO. The van der Waals surface area contributed by atoms with Gasteiger partial charge < -0.3 is 5.32 Å². The molecule has 2 nitrogen and oxygen atoms in total. The molecule has 2 aliphatic carbocycles. The lowest BCUT2D eigenvalue weighted by molar-refractivity contribution is -0.122. The Morgan fingerprint density at radius 1 is 1.21 bits per heavy atom. The molecule has 2 unspecified atom stereocenters. The van der Waals surface area contributed by atoms with Gasteiger partial charge in [0.25, 0.3) is 0 Å². The van der Waals surface area contributed by atoms with E-state index in [0.29, 0.717) is 18.3 Å². The lowest BCUT2D eigenvalue weighted by atomic mass is 10.0. The fourth-order valence-electron chi connectivity index (χ4n) is 2.90. The number of carbonyl (C=O) groups excluding carboxylic acids is 1. The molecule has 3 rings (SSSR count). The largest absolute Gasteiger partial charge is 0.349 e. The highest BCUT2D eigenvalue weighted by atomic mass is 16.1. The molecule has 1 aromatic carbocycles. The van der Waals surface area contributed by atoms with Crippen molar-refractivity contribution in [3.8, 4) is 0 Å². The maximum Gasteiger partial charge on any atom is 0.221 e. The Balaban J connectivity index is 1.61. The van der Waals surface area contributed by atoms with E-state index in [1.54, 1.807) is 0 Å². The quantitative estimate of drug-likeness (QED) is 0.800. The molecule has 0 saturated heterocycles. The SMILES string of the molecule is O=C(CC1C=CCC1)NC(c1ccccc1)C1CC1. The summed E-state index contributed by atoms with van der Waals surface area (Å²) >= 11 is 0. The van der Waals surface area contributed by atoms with Crippen LogP contribution >= 0.6 is 0 Å². The zero-order valence-corrected chi connectivity index (χ0v) is 11.2. The molecule has 2 aliphatic rings. The Morgan fingerprint density at radius 3 is 2.63 bits per heavy atom. The Labute approximate surface area is 114 Å². The Kier molecular flexibility index (Phi) is 3.67. The van der Waals surface area contributed by atoms with Crippen LogP contribution < -0.4 is 5.32 Å². The van der Waals surface area contributed by atoms with Gasteiger partial charge in [0.05, 0.1) is 6.04 Å². The summed E-state index contributed by atoms with van der Waals surface area (Å²) in [5, 5.41) is 3.25. The summed E-state index contributed by atoms with van der Waals surface area (Å²) in [5.41, 5.74) is 1.25. The molecule has 1 N–H and O–H groups in total. The molecule has 2 heteroatoms. The molecule has 1 fully saturated rings. The second-order valence-corrected chi connectivity index (χ2v) is 5.76. The third kappa shape index (κ3) is 3.25. The number of allylic oxidation sites excluding steroid dienone is 2. The van der Waals surface area contributed by atoms with Crippen LogP contribution in [0.4, 0.5) is 0 Å². The van der Waals surface area contributed by atoms with Crippen molar-refractivity contribution in [1.82, 2.24) is 5.32 Å². The summed E-state index contributed by atoms with van der Waals surface area (Å²) in [4.78, 5) is 12.2. The van der Waals surface area contributed by atoms with Crippen LogP contribution in [0.25, 0.3) is 0 Å². The number of hydrogen-bond acceptors (Lipinski definition) is 1. The minimum atomic E-state index is 0.206. The highest BCUT2D eigenvalue weighted by Gasteiger charge is 2.33. The van der Waals surface area contributed by atoms with Gasteiger partial charge in [-0.25, -0.2) is 0 Å². The van der Waals surface area contributed by atoms with Crippen LogP contribution in [0.2, 0.25) is 0 Å².